The first kappa shape index (κ1) is 31.0. The first-order valence-corrected chi connectivity index (χ1v) is 14.3. The summed E-state index contributed by atoms with van der Waals surface area (Å²) >= 11 is 0. The molecule has 2 N–H and O–H groups in total. The van der Waals surface area contributed by atoms with Gasteiger partial charge >= 0.3 is 6.09 Å². The van der Waals surface area contributed by atoms with E-state index in [9.17, 15) is 14.7 Å². The molecule has 220 valence electrons. The molecule has 39 heavy (non-hydrogen) atoms. The molecule has 9 nitrogen and oxygen atoms in total. The maximum atomic E-state index is 13.9. The van der Waals surface area contributed by atoms with Crippen LogP contribution in [0.25, 0.3) is 0 Å². The summed E-state index contributed by atoms with van der Waals surface area (Å²) in [7, 11) is 3.22. The van der Waals surface area contributed by atoms with E-state index in [2.05, 4.69) is 26.1 Å². The van der Waals surface area contributed by atoms with Crippen LogP contribution in [0.2, 0.25) is 0 Å². The van der Waals surface area contributed by atoms with Crippen LogP contribution in [-0.2, 0) is 4.74 Å². The van der Waals surface area contributed by atoms with Gasteiger partial charge in [0.1, 0.15) is 0 Å². The summed E-state index contributed by atoms with van der Waals surface area (Å²) in [5, 5.41) is 14.0. The van der Waals surface area contributed by atoms with Gasteiger partial charge in [-0.2, -0.15) is 0 Å². The van der Waals surface area contributed by atoms with Gasteiger partial charge in [-0.25, -0.2) is 4.79 Å². The van der Waals surface area contributed by atoms with Crippen molar-refractivity contribution in [2.75, 3.05) is 40.5 Å². The predicted molar refractivity (Wildman–Crippen MR) is 152 cm³/mol. The van der Waals surface area contributed by atoms with Gasteiger partial charge in [0.25, 0.3) is 5.91 Å². The van der Waals surface area contributed by atoms with Gasteiger partial charge in [-0.1, -0.05) is 20.8 Å². The van der Waals surface area contributed by atoms with Crippen molar-refractivity contribution in [2.24, 2.45) is 5.41 Å². The molecule has 1 saturated carbocycles. The van der Waals surface area contributed by atoms with E-state index < -0.39 is 11.6 Å². The Morgan fingerprint density at radius 1 is 1.15 bits per heavy atom. The van der Waals surface area contributed by atoms with Crippen LogP contribution in [0.1, 0.15) is 83.5 Å². The number of carbonyl (C=O) groups is 2. The molecule has 0 unspecified atom stereocenters. The lowest BCUT2D eigenvalue weighted by molar-refractivity contribution is -0.0557. The van der Waals surface area contributed by atoms with Crippen molar-refractivity contribution in [2.45, 2.75) is 96.8 Å². The van der Waals surface area contributed by atoms with Crippen molar-refractivity contribution in [3.63, 3.8) is 0 Å². The van der Waals surface area contributed by atoms with Crippen LogP contribution in [0.3, 0.4) is 0 Å². The Balaban J connectivity index is 1.84. The van der Waals surface area contributed by atoms with Crippen LogP contribution in [-0.4, -0.2) is 91.1 Å². The number of carboxylic acid groups (broad SMARTS) is 1. The highest BCUT2D eigenvalue weighted by atomic mass is 16.5. The fourth-order valence-corrected chi connectivity index (χ4v) is 5.97. The van der Waals surface area contributed by atoms with E-state index in [1.807, 2.05) is 18.7 Å². The molecule has 2 amide bonds. The van der Waals surface area contributed by atoms with Gasteiger partial charge < -0.3 is 34.4 Å². The molecule has 9 heteroatoms. The minimum absolute atomic E-state index is 0.106. The van der Waals surface area contributed by atoms with E-state index >= 15 is 0 Å². The molecule has 3 rings (SSSR count). The maximum Gasteiger partial charge on any atom is 0.407 e. The maximum absolute atomic E-state index is 13.9. The summed E-state index contributed by atoms with van der Waals surface area (Å²) in [6.45, 7) is 12.5. The number of hydrogen-bond donors (Lipinski definition) is 2. The molecule has 1 saturated heterocycles. The zero-order valence-corrected chi connectivity index (χ0v) is 24.9. The standard InChI is InChI=1S/C30H49N3O6/c1-21(2)33(27(34)22-9-12-25(38-7)26(19-22)39-18-8-17-37-6)24-13-14-30(29(3,4)5,32(20-24)28(35)36)15-16-31-23-10-11-23/h9,12,19,21,23-24,31H,8,10-11,13-18,20H2,1-7H3,(H,35,36)/t24-,30+/m1/s1. The molecule has 0 radical (unpaired) electrons. The Bertz CT molecular complexity index is 974. The van der Waals surface area contributed by atoms with Crippen molar-refractivity contribution in [3.8, 4) is 11.5 Å². The smallest absolute Gasteiger partial charge is 0.407 e. The second-order valence-corrected chi connectivity index (χ2v) is 12.2. The molecule has 1 aliphatic carbocycles. The number of likely N-dealkylation sites (tertiary alicyclic amines) is 1. The second-order valence-electron chi connectivity index (χ2n) is 12.2. The average Bonchev–Trinajstić information content (AvgIpc) is 3.70. The number of ether oxygens (including phenoxy) is 3. The summed E-state index contributed by atoms with van der Waals surface area (Å²) in [5.41, 5.74) is -0.264. The van der Waals surface area contributed by atoms with E-state index in [1.165, 1.54) is 12.8 Å². The number of nitrogens with zero attached hydrogens (tertiary/aromatic N) is 2. The van der Waals surface area contributed by atoms with Gasteiger partial charge in [-0.05, 0) is 76.1 Å². The molecule has 1 aliphatic heterocycles. The highest BCUT2D eigenvalue weighted by Gasteiger charge is 2.52. The molecule has 0 spiro atoms. The average molecular weight is 548 g/mol. The number of amides is 2. The van der Waals surface area contributed by atoms with E-state index in [1.54, 1.807) is 37.3 Å². The number of hydrogen-bond acceptors (Lipinski definition) is 6. The van der Waals surface area contributed by atoms with Crippen molar-refractivity contribution in [1.82, 2.24) is 15.1 Å². The predicted octanol–water partition coefficient (Wildman–Crippen LogP) is 5.03. The number of piperidine rings is 1. The van der Waals surface area contributed by atoms with E-state index in [0.717, 1.165) is 25.8 Å². The van der Waals surface area contributed by atoms with Gasteiger partial charge in [-0.15, -0.1) is 0 Å². The largest absolute Gasteiger partial charge is 0.493 e. The van der Waals surface area contributed by atoms with Crippen LogP contribution in [0.4, 0.5) is 4.79 Å². The molecule has 0 bridgehead atoms. The molecule has 2 atom stereocenters. The van der Waals surface area contributed by atoms with Gasteiger partial charge in [0.15, 0.2) is 11.5 Å². The van der Waals surface area contributed by atoms with Crippen molar-refractivity contribution in [1.29, 1.82) is 0 Å². The van der Waals surface area contributed by atoms with Crippen LogP contribution >= 0.6 is 0 Å². The van der Waals surface area contributed by atoms with Gasteiger partial charge in [0.05, 0.1) is 25.3 Å². The lowest BCUT2D eigenvalue weighted by Crippen LogP contribution is -2.67. The Labute approximate surface area is 234 Å². The molecule has 1 heterocycles. The van der Waals surface area contributed by atoms with Crippen LogP contribution in [0.5, 0.6) is 11.5 Å². The van der Waals surface area contributed by atoms with Crippen molar-refractivity contribution in [3.05, 3.63) is 23.8 Å². The number of carbonyl (C=O) groups excluding carboxylic acids is 1. The summed E-state index contributed by atoms with van der Waals surface area (Å²) in [6, 6.07) is 5.46. The Morgan fingerprint density at radius 3 is 2.44 bits per heavy atom. The van der Waals surface area contributed by atoms with Gasteiger partial charge in [0.2, 0.25) is 0 Å². The summed E-state index contributed by atoms with van der Waals surface area (Å²) in [5.74, 6) is 0.932. The highest BCUT2D eigenvalue weighted by Crippen LogP contribution is 2.46. The third kappa shape index (κ3) is 7.37. The second kappa shape index (κ2) is 13.2. The molecule has 2 fully saturated rings. The topological polar surface area (TPSA) is 101 Å². The Morgan fingerprint density at radius 2 is 1.87 bits per heavy atom. The lowest BCUT2D eigenvalue weighted by Gasteiger charge is -2.57. The summed E-state index contributed by atoms with van der Waals surface area (Å²) < 4.78 is 16.5. The van der Waals surface area contributed by atoms with Crippen LogP contribution in [0, 0.1) is 5.41 Å². The third-order valence-electron chi connectivity index (χ3n) is 8.32. The zero-order chi connectivity index (χ0) is 28.8. The van der Waals surface area contributed by atoms with Crippen molar-refractivity contribution < 1.29 is 28.9 Å². The minimum atomic E-state index is -0.923. The lowest BCUT2D eigenvalue weighted by atomic mass is 9.65. The molecule has 0 aromatic heterocycles. The fraction of sp³-hybridized carbons (Fsp3) is 0.733. The first-order chi connectivity index (χ1) is 18.4. The summed E-state index contributed by atoms with van der Waals surface area (Å²) in [6.07, 6.45) is 4.39. The zero-order valence-electron chi connectivity index (χ0n) is 24.9. The number of nitrogens with one attached hydrogen (secondary N) is 1. The normalized spacial score (nSPS) is 21.6. The molecule has 1 aromatic rings. The van der Waals surface area contributed by atoms with Crippen molar-refractivity contribution >= 4 is 12.0 Å². The van der Waals surface area contributed by atoms with Crippen LogP contribution < -0.4 is 14.8 Å². The summed E-state index contributed by atoms with van der Waals surface area (Å²) in [4.78, 5) is 30.1. The van der Waals surface area contributed by atoms with Crippen LogP contribution in [0.15, 0.2) is 18.2 Å². The minimum Gasteiger partial charge on any atom is -0.493 e. The Hall–Kier alpha value is -2.52. The molecular weight excluding hydrogens is 498 g/mol. The highest BCUT2D eigenvalue weighted by molar-refractivity contribution is 5.95. The van der Waals surface area contributed by atoms with Gasteiger partial charge in [-0.3, -0.25) is 4.79 Å². The SMILES string of the molecule is COCCCOc1cc(C(=O)N(C(C)C)[C@@H]2CC[C@](CCNC3CC3)(C(C)(C)C)N(C(=O)O)C2)ccc1OC. The number of benzene rings is 1. The quantitative estimate of drug-likeness (QED) is 0.334. The van der Waals surface area contributed by atoms with E-state index in [-0.39, 0.29) is 30.0 Å². The number of rotatable bonds is 13. The third-order valence-corrected chi connectivity index (χ3v) is 8.32. The fourth-order valence-electron chi connectivity index (χ4n) is 5.97. The van der Waals surface area contributed by atoms with E-state index in [0.29, 0.717) is 42.7 Å². The molecule has 1 aromatic carbocycles. The molecular formula is C30H49N3O6. The number of methoxy groups -OCH3 is 2. The first-order valence-electron chi connectivity index (χ1n) is 14.3. The monoisotopic (exact) mass is 547 g/mol. The van der Waals surface area contributed by atoms with E-state index in [4.69, 9.17) is 14.2 Å². The Kier molecular flexibility index (Phi) is 10.5. The van der Waals surface area contributed by atoms with Gasteiger partial charge in [0, 0.05) is 44.3 Å². The molecule has 2 aliphatic rings.